The Labute approximate surface area is 167 Å². The number of amides is 1. The number of likely N-dealkylation sites (tertiary alicyclic amines) is 1. The van der Waals surface area contributed by atoms with Crippen molar-refractivity contribution in [2.45, 2.75) is 39.2 Å². The van der Waals surface area contributed by atoms with Gasteiger partial charge >= 0.3 is 0 Å². The molecule has 3 heterocycles. The highest BCUT2D eigenvalue weighted by atomic mass is 32.1. The van der Waals surface area contributed by atoms with Gasteiger partial charge in [0.2, 0.25) is 5.89 Å². The maximum Gasteiger partial charge on any atom is 0.254 e. The fourth-order valence-electron chi connectivity index (χ4n) is 3.38. The molecule has 0 radical (unpaired) electrons. The van der Waals surface area contributed by atoms with Crippen LogP contribution in [0.3, 0.4) is 0 Å². The zero-order valence-electron chi connectivity index (χ0n) is 15.9. The van der Waals surface area contributed by atoms with Gasteiger partial charge in [-0.2, -0.15) is 4.98 Å². The molecule has 1 aliphatic rings. The number of carbonyl (C=O) groups excluding carboxylic acids is 1. The van der Waals surface area contributed by atoms with Gasteiger partial charge in [0.25, 0.3) is 5.91 Å². The summed E-state index contributed by atoms with van der Waals surface area (Å²) in [5.74, 6) is 1.99. The molecule has 0 unspecified atom stereocenters. The summed E-state index contributed by atoms with van der Waals surface area (Å²) in [6, 6.07) is 7.32. The summed E-state index contributed by atoms with van der Waals surface area (Å²) in [5, 5.41) is 6.86. The second-order valence-corrected chi connectivity index (χ2v) is 8.01. The Morgan fingerprint density at radius 2 is 2.25 bits per heavy atom. The first-order chi connectivity index (χ1) is 13.6. The summed E-state index contributed by atoms with van der Waals surface area (Å²) in [4.78, 5) is 23.6. The van der Waals surface area contributed by atoms with Crippen molar-refractivity contribution in [3.05, 3.63) is 57.6 Å². The SMILES string of the molecule is Cc1noc([C@@H]2CCCN(C(=O)c3cccc(OCc4csc(C)n4)c3)C2)n1. The molecule has 0 saturated carbocycles. The van der Waals surface area contributed by atoms with E-state index in [4.69, 9.17) is 9.26 Å². The van der Waals surface area contributed by atoms with Gasteiger partial charge in [-0.25, -0.2) is 4.98 Å². The molecule has 4 rings (SSSR count). The number of rotatable bonds is 5. The lowest BCUT2D eigenvalue weighted by atomic mass is 9.97. The molecule has 2 aromatic heterocycles. The van der Waals surface area contributed by atoms with E-state index in [0.29, 0.717) is 36.2 Å². The monoisotopic (exact) mass is 398 g/mol. The standard InChI is InChI=1S/C20H22N4O3S/c1-13-21-19(27-23-13)16-6-4-8-24(10-16)20(25)15-5-3-7-18(9-15)26-11-17-12-28-14(2)22-17/h3,5,7,9,12,16H,4,6,8,10-11H2,1-2H3/t16-/m1/s1. The highest BCUT2D eigenvalue weighted by Gasteiger charge is 2.28. The molecule has 8 heteroatoms. The Balaban J connectivity index is 1.42. The van der Waals surface area contributed by atoms with Crippen LogP contribution in [0.1, 0.15) is 51.5 Å². The van der Waals surface area contributed by atoms with Gasteiger partial charge in [0.1, 0.15) is 12.4 Å². The van der Waals surface area contributed by atoms with Crippen LogP contribution < -0.4 is 4.74 Å². The van der Waals surface area contributed by atoms with Gasteiger partial charge < -0.3 is 14.2 Å². The van der Waals surface area contributed by atoms with Crippen LogP contribution in [0.15, 0.2) is 34.2 Å². The normalized spacial score (nSPS) is 16.9. The Bertz CT molecular complexity index is 968. The first-order valence-corrected chi connectivity index (χ1v) is 10.2. The van der Waals surface area contributed by atoms with Gasteiger partial charge in [-0.1, -0.05) is 11.2 Å². The molecular formula is C20H22N4O3S. The Hall–Kier alpha value is -2.74. The minimum Gasteiger partial charge on any atom is -0.487 e. The van der Waals surface area contributed by atoms with Crippen molar-refractivity contribution in [2.24, 2.45) is 0 Å². The van der Waals surface area contributed by atoms with Crippen molar-refractivity contribution in [1.29, 1.82) is 0 Å². The van der Waals surface area contributed by atoms with Crippen molar-refractivity contribution in [2.75, 3.05) is 13.1 Å². The van der Waals surface area contributed by atoms with E-state index in [9.17, 15) is 4.79 Å². The van der Waals surface area contributed by atoms with Crippen LogP contribution >= 0.6 is 11.3 Å². The van der Waals surface area contributed by atoms with Crippen LogP contribution in [0.2, 0.25) is 0 Å². The molecule has 7 nitrogen and oxygen atoms in total. The molecule has 1 saturated heterocycles. The number of hydrogen-bond donors (Lipinski definition) is 0. The van der Waals surface area contributed by atoms with E-state index >= 15 is 0 Å². The second kappa shape index (κ2) is 8.10. The summed E-state index contributed by atoms with van der Waals surface area (Å²) < 4.78 is 11.1. The van der Waals surface area contributed by atoms with E-state index in [-0.39, 0.29) is 11.8 Å². The van der Waals surface area contributed by atoms with E-state index in [1.807, 2.05) is 35.4 Å². The van der Waals surface area contributed by atoms with Crippen molar-refractivity contribution in [3.8, 4) is 5.75 Å². The van der Waals surface area contributed by atoms with Crippen LogP contribution in [-0.2, 0) is 6.61 Å². The number of nitrogens with zero attached hydrogens (tertiary/aromatic N) is 4. The number of aryl methyl sites for hydroxylation is 2. The molecule has 3 aromatic rings. The average molecular weight is 398 g/mol. The van der Waals surface area contributed by atoms with Crippen LogP contribution in [-0.4, -0.2) is 39.0 Å². The molecule has 1 amide bonds. The molecular weight excluding hydrogens is 376 g/mol. The minimum absolute atomic E-state index is 0.00381. The number of aromatic nitrogens is 3. The Morgan fingerprint density at radius 1 is 1.36 bits per heavy atom. The predicted octanol–water partition coefficient (Wildman–Crippen LogP) is 3.74. The molecule has 0 bridgehead atoms. The average Bonchev–Trinajstić information content (AvgIpc) is 3.34. The van der Waals surface area contributed by atoms with Crippen molar-refractivity contribution >= 4 is 17.2 Å². The molecule has 1 aromatic carbocycles. The van der Waals surface area contributed by atoms with Crippen LogP contribution in [0, 0.1) is 13.8 Å². The summed E-state index contributed by atoms with van der Waals surface area (Å²) in [6.45, 7) is 5.48. The predicted molar refractivity (Wildman–Crippen MR) is 105 cm³/mol. The van der Waals surface area contributed by atoms with Gasteiger partial charge in [-0.3, -0.25) is 4.79 Å². The topological polar surface area (TPSA) is 81.4 Å². The van der Waals surface area contributed by atoms with Gasteiger partial charge in [0.15, 0.2) is 5.82 Å². The molecule has 1 fully saturated rings. The molecule has 0 N–H and O–H groups in total. The molecule has 28 heavy (non-hydrogen) atoms. The lowest BCUT2D eigenvalue weighted by Gasteiger charge is -2.31. The molecule has 1 atom stereocenters. The van der Waals surface area contributed by atoms with Crippen molar-refractivity contribution < 1.29 is 14.1 Å². The Kier molecular flexibility index (Phi) is 5.38. The zero-order valence-corrected chi connectivity index (χ0v) is 16.7. The van der Waals surface area contributed by atoms with Gasteiger partial charge in [-0.15, -0.1) is 11.3 Å². The smallest absolute Gasteiger partial charge is 0.254 e. The van der Waals surface area contributed by atoms with Crippen molar-refractivity contribution in [1.82, 2.24) is 20.0 Å². The summed E-state index contributed by atoms with van der Waals surface area (Å²) >= 11 is 1.60. The molecule has 1 aliphatic heterocycles. The number of benzene rings is 1. The zero-order chi connectivity index (χ0) is 19.5. The minimum atomic E-state index is -0.00381. The highest BCUT2D eigenvalue weighted by Crippen LogP contribution is 2.27. The second-order valence-electron chi connectivity index (χ2n) is 6.94. The van der Waals surface area contributed by atoms with Crippen LogP contribution in [0.5, 0.6) is 5.75 Å². The third kappa shape index (κ3) is 4.22. The quantitative estimate of drug-likeness (QED) is 0.651. The molecule has 0 aliphatic carbocycles. The number of ether oxygens (including phenoxy) is 1. The van der Waals surface area contributed by atoms with E-state index in [1.54, 1.807) is 24.3 Å². The summed E-state index contributed by atoms with van der Waals surface area (Å²) in [7, 11) is 0. The third-order valence-electron chi connectivity index (χ3n) is 4.74. The van der Waals surface area contributed by atoms with Crippen LogP contribution in [0.25, 0.3) is 0 Å². The van der Waals surface area contributed by atoms with Gasteiger partial charge in [0.05, 0.1) is 16.6 Å². The van der Waals surface area contributed by atoms with E-state index < -0.39 is 0 Å². The largest absolute Gasteiger partial charge is 0.487 e. The Morgan fingerprint density at radius 3 is 3.00 bits per heavy atom. The maximum atomic E-state index is 13.0. The number of carbonyl (C=O) groups is 1. The van der Waals surface area contributed by atoms with E-state index in [2.05, 4.69) is 15.1 Å². The number of piperidine rings is 1. The third-order valence-corrected chi connectivity index (χ3v) is 5.56. The maximum absolute atomic E-state index is 13.0. The fourth-order valence-corrected chi connectivity index (χ4v) is 3.97. The fraction of sp³-hybridized carbons (Fsp3) is 0.400. The van der Waals surface area contributed by atoms with E-state index in [0.717, 1.165) is 30.1 Å². The van der Waals surface area contributed by atoms with Crippen LogP contribution in [0.4, 0.5) is 0 Å². The molecule has 0 spiro atoms. The summed E-state index contributed by atoms with van der Waals surface area (Å²) in [6.07, 6.45) is 1.86. The first kappa shape index (κ1) is 18.6. The van der Waals surface area contributed by atoms with Crippen molar-refractivity contribution in [3.63, 3.8) is 0 Å². The number of hydrogen-bond acceptors (Lipinski definition) is 7. The first-order valence-electron chi connectivity index (χ1n) is 9.32. The number of thiazole rings is 1. The summed E-state index contributed by atoms with van der Waals surface area (Å²) in [5.41, 5.74) is 1.52. The van der Waals surface area contributed by atoms with Gasteiger partial charge in [0, 0.05) is 24.0 Å². The van der Waals surface area contributed by atoms with E-state index in [1.165, 1.54) is 0 Å². The van der Waals surface area contributed by atoms with Gasteiger partial charge in [-0.05, 0) is 44.9 Å². The molecule has 146 valence electrons. The highest BCUT2D eigenvalue weighted by molar-refractivity contribution is 7.09. The lowest BCUT2D eigenvalue weighted by Crippen LogP contribution is -2.39. The lowest BCUT2D eigenvalue weighted by molar-refractivity contribution is 0.0695.